The van der Waals surface area contributed by atoms with Gasteiger partial charge in [0.05, 0.1) is 5.56 Å². The fourth-order valence-electron chi connectivity index (χ4n) is 3.08. The first-order chi connectivity index (χ1) is 14.2. The van der Waals surface area contributed by atoms with E-state index in [4.69, 9.17) is 23.1 Å². The molecule has 1 aromatic heterocycles. The molecule has 0 radical (unpaired) electrons. The Hall–Kier alpha value is -3.41. The van der Waals surface area contributed by atoms with Gasteiger partial charge in [-0.3, -0.25) is 9.36 Å². The van der Waals surface area contributed by atoms with Crippen LogP contribution in [-0.4, -0.2) is 22.9 Å². The summed E-state index contributed by atoms with van der Waals surface area (Å²) < 4.78 is 83.9. The highest BCUT2D eigenvalue weighted by atomic mass is 35.5. The van der Waals surface area contributed by atoms with Gasteiger partial charge >= 0.3 is 18.6 Å². The summed E-state index contributed by atoms with van der Waals surface area (Å²) in [6, 6.07) is 3.14. The number of rotatable bonds is 3. The maximum absolute atomic E-state index is 13.7. The third-order valence-corrected chi connectivity index (χ3v) is 4.50. The number of ether oxygens (including phenoxy) is 1. The minimum absolute atomic E-state index is 0.236. The second-order valence-corrected chi connectivity index (χ2v) is 6.60. The molecule has 0 bridgehead atoms. The Morgan fingerprint density at radius 2 is 1.68 bits per heavy atom. The number of nitrogens with zero attached hydrogens (tertiary/aromatic N) is 1. The average Bonchev–Trinajstić information content (AvgIpc) is 2.99. The highest BCUT2D eigenvalue weighted by Crippen LogP contribution is 2.46. The van der Waals surface area contributed by atoms with E-state index in [1.807, 2.05) is 0 Å². The highest BCUT2D eigenvalue weighted by molar-refractivity contribution is 6.34. The summed E-state index contributed by atoms with van der Waals surface area (Å²) >= 11 is 6.01. The molecule has 0 aliphatic rings. The first-order valence-electron chi connectivity index (χ1n) is 8.11. The standard InChI is InChI=1S/C18H10ClF6N3O3/c19-11-5-7(15(26)29)4-10(17(20,21)22)13(11)9-6-28(16(27)30)14-8(9)2-1-3-12(14)31-18(23,24)25/h1-6H,(H2,26,29)(H2,27,30). The molecule has 0 saturated heterocycles. The topological polar surface area (TPSA) is 100 Å². The van der Waals surface area contributed by atoms with Crippen molar-refractivity contribution in [3.05, 3.63) is 52.7 Å². The zero-order chi connectivity index (χ0) is 23.3. The number of carbonyl (C=O) groups excluding carboxylic acids is 2. The molecule has 2 aromatic carbocycles. The van der Waals surface area contributed by atoms with Crippen LogP contribution in [0.15, 0.2) is 36.5 Å². The van der Waals surface area contributed by atoms with Crippen molar-refractivity contribution in [1.29, 1.82) is 0 Å². The third kappa shape index (κ3) is 4.24. The number of amides is 2. The van der Waals surface area contributed by atoms with Crippen molar-refractivity contribution in [2.45, 2.75) is 12.5 Å². The molecule has 3 rings (SSSR count). The number of para-hydroxylation sites is 1. The van der Waals surface area contributed by atoms with Crippen LogP contribution in [-0.2, 0) is 6.18 Å². The Bertz CT molecular complexity index is 1220. The lowest BCUT2D eigenvalue weighted by molar-refractivity contribution is -0.274. The van der Waals surface area contributed by atoms with Crippen LogP contribution in [0.2, 0.25) is 5.02 Å². The largest absolute Gasteiger partial charge is 0.573 e. The number of alkyl halides is 6. The molecule has 0 unspecified atom stereocenters. The molecule has 6 nitrogen and oxygen atoms in total. The lowest BCUT2D eigenvalue weighted by Crippen LogP contribution is -2.21. The Morgan fingerprint density at radius 3 is 2.19 bits per heavy atom. The van der Waals surface area contributed by atoms with Crippen molar-refractivity contribution in [1.82, 2.24) is 4.57 Å². The number of nitrogens with two attached hydrogens (primary N) is 2. The van der Waals surface area contributed by atoms with E-state index in [1.54, 1.807) is 0 Å². The fourth-order valence-corrected chi connectivity index (χ4v) is 3.40. The lowest BCUT2D eigenvalue weighted by atomic mass is 9.96. The lowest BCUT2D eigenvalue weighted by Gasteiger charge is -2.15. The van der Waals surface area contributed by atoms with E-state index in [0.29, 0.717) is 10.6 Å². The summed E-state index contributed by atoms with van der Waals surface area (Å²) in [4.78, 5) is 23.2. The molecular weight excluding hydrogens is 456 g/mol. The van der Waals surface area contributed by atoms with Crippen LogP contribution in [0.25, 0.3) is 22.0 Å². The number of halogens is 7. The Labute approximate surface area is 173 Å². The smallest absolute Gasteiger partial charge is 0.404 e. The van der Waals surface area contributed by atoms with E-state index < -0.39 is 57.5 Å². The monoisotopic (exact) mass is 465 g/mol. The molecule has 31 heavy (non-hydrogen) atoms. The number of hydrogen-bond donors (Lipinski definition) is 2. The van der Waals surface area contributed by atoms with E-state index in [2.05, 4.69) is 4.74 Å². The van der Waals surface area contributed by atoms with E-state index in [0.717, 1.165) is 30.5 Å². The van der Waals surface area contributed by atoms with Crippen LogP contribution in [0.1, 0.15) is 15.9 Å². The molecule has 0 spiro atoms. The number of primary amides is 2. The van der Waals surface area contributed by atoms with E-state index in [-0.39, 0.29) is 10.9 Å². The molecule has 164 valence electrons. The van der Waals surface area contributed by atoms with E-state index in [1.165, 1.54) is 0 Å². The Kier molecular flexibility index (Phi) is 5.30. The highest BCUT2D eigenvalue weighted by Gasteiger charge is 2.37. The Balaban J connectivity index is 2.44. The van der Waals surface area contributed by atoms with Gasteiger partial charge in [0.2, 0.25) is 5.91 Å². The molecule has 0 atom stereocenters. The van der Waals surface area contributed by atoms with Gasteiger partial charge in [-0.2, -0.15) is 13.2 Å². The second-order valence-electron chi connectivity index (χ2n) is 6.19. The molecule has 0 aliphatic carbocycles. The minimum Gasteiger partial charge on any atom is -0.404 e. The van der Waals surface area contributed by atoms with Crippen LogP contribution in [0.4, 0.5) is 31.1 Å². The van der Waals surface area contributed by atoms with E-state index >= 15 is 0 Å². The van der Waals surface area contributed by atoms with Crippen LogP contribution in [0, 0.1) is 0 Å². The van der Waals surface area contributed by atoms with Gasteiger partial charge in [0.15, 0.2) is 5.75 Å². The quantitative estimate of drug-likeness (QED) is 0.538. The number of aromatic nitrogens is 1. The maximum atomic E-state index is 13.7. The van der Waals surface area contributed by atoms with Crippen LogP contribution < -0.4 is 16.2 Å². The molecule has 2 amide bonds. The van der Waals surface area contributed by atoms with Crippen molar-refractivity contribution >= 4 is 34.4 Å². The number of fused-ring (bicyclic) bond motifs is 1. The summed E-state index contributed by atoms with van der Waals surface area (Å²) in [5.74, 6) is -2.05. The van der Waals surface area contributed by atoms with Gasteiger partial charge in [0, 0.05) is 33.3 Å². The first kappa shape index (κ1) is 22.3. The minimum atomic E-state index is -5.15. The molecule has 0 aliphatic heterocycles. The second kappa shape index (κ2) is 7.38. The molecule has 1 heterocycles. The van der Waals surface area contributed by atoms with Crippen LogP contribution in [0.5, 0.6) is 5.75 Å². The number of hydrogen-bond acceptors (Lipinski definition) is 3. The van der Waals surface area contributed by atoms with Crippen molar-refractivity contribution in [2.24, 2.45) is 11.5 Å². The van der Waals surface area contributed by atoms with Gasteiger partial charge in [-0.1, -0.05) is 23.7 Å². The zero-order valence-corrected chi connectivity index (χ0v) is 15.7. The van der Waals surface area contributed by atoms with Gasteiger partial charge in [-0.15, -0.1) is 13.2 Å². The van der Waals surface area contributed by atoms with Crippen LogP contribution >= 0.6 is 11.6 Å². The average molecular weight is 466 g/mol. The van der Waals surface area contributed by atoms with Crippen molar-refractivity contribution in [3.63, 3.8) is 0 Å². The summed E-state index contributed by atoms with van der Waals surface area (Å²) in [5, 5.41) is -0.811. The predicted molar refractivity (Wildman–Crippen MR) is 97.6 cm³/mol. The van der Waals surface area contributed by atoms with Gasteiger partial charge in [-0.05, 0) is 18.2 Å². The fraction of sp³-hybridized carbons (Fsp3) is 0.111. The SMILES string of the molecule is NC(=O)c1cc(Cl)c(-c2cn(C(N)=O)c3c(OC(F)(F)F)cccc23)c(C(F)(F)F)c1. The summed E-state index contributed by atoms with van der Waals surface area (Å²) in [5.41, 5.74) is 6.74. The van der Waals surface area contributed by atoms with Gasteiger partial charge in [0.25, 0.3) is 0 Å². The number of carbonyl (C=O) groups is 2. The normalized spacial score (nSPS) is 12.2. The van der Waals surface area contributed by atoms with Crippen LogP contribution in [0.3, 0.4) is 0 Å². The summed E-state index contributed by atoms with van der Waals surface area (Å²) in [7, 11) is 0. The van der Waals surface area contributed by atoms with Gasteiger partial charge in [-0.25, -0.2) is 4.79 Å². The molecule has 0 saturated carbocycles. The Morgan fingerprint density at radius 1 is 1.03 bits per heavy atom. The molecular formula is C18H10ClF6N3O3. The maximum Gasteiger partial charge on any atom is 0.573 e. The van der Waals surface area contributed by atoms with Crippen molar-refractivity contribution in [3.8, 4) is 16.9 Å². The summed E-state index contributed by atoms with van der Waals surface area (Å²) in [6.07, 6.45) is -9.39. The summed E-state index contributed by atoms with van der Waals surface area (Å²) in [6.45, 7) is 0. The predicted octanol–water partition coefficient (Wildman–Crippen LogP) is 4.90. The molecule has 3 aromatic rings. The molecule has 13 heteroatoms. The molecule has 4 N–H and O–H groups in total. The van der Waals surface area contributed by atoms with E-state index in [9.17, 15) is 35.9 Å². The third-order valence-electron chi connectivity index (χ3n) is 4.20. The first-order valence-corrected chi connectivity index (χ1v) is 8.49. The van der Waals surface area contributed by atoms with Gasteiger partial charge < -0.3 is 16.2 Å². The van der Waals surface area contributed by atoms with Crippen molar-refractivity contribution in [2.75, 3.05) is 0 Å². The van der Waals surface area contributed by atoms with Gasteiger partial charge in [0.1, 0.15) is 5.52 Å². The zero-order valence-electron chi connectivity index (χ0n) is 14.9. The molecule has 0 fully saturated rings. The number of benzene rings is 2. The van der Waals surface area contributed by atoms with Crippen molar-refractivity contribution < 1.29 is 40.7 Å².